The van der Waals surface area contributed by atoms with Crippen molar-refractivity contribution >= 4 is 34.6 Å². The van der Waals surface area contributed by atoms with Crippen LogP contribution in [0.15, 0.2) is 76.6 Å². The minimum Gasteiger partial charge on any atom is -0.490 e. The molecule has 0 bridgehead atoms. The maximum absolute atomic E-state index is 13.1. The number of benzene rings is 3. The second kappa shape index (κ2) is 11.6. The van der Waals surface area contributed by atoms with Crippen molar-refractivity contribution in [1.82, 2.24) is 4.90 Å². The molecule has 1 aliphatic rings. The molecule has 182 valence electrons. The molecule has 0 aromatic heterocycles. The van der Waals surface area contributed by atoms with Crippen molar-refractivity contribution < 1.29 is 14.3 Å². The molecule has 0 atom stereocenters. The van der Waals surface area contributed by atoms with Crippen LogP contribution in [0.5, 0.6) is 11.5 Å². The Morgan fingerprint density at radius 1 is 1.03 bits per heavy atom. The fourth-order valence-electron chi connectivity index (χ4n) is 3.66. The van der Waals surface area contributed by atoms with E-state index in [4.69, 9.17) is 14.5 Å². The third kappa shape index (κ3) is 5.78. The van der Waals surface area contributed by atoms with Crippen LogP contribution in [-0.4, -0.2) is 29.1 Å². The van der Waals surface area contributed by atoms with E-state index in [-0.39, 0.29) is 12.5 Å². The SMILES string of the molecule is CCOc1cc(/C=C2/SC(=Nc3ccc(C)cc3)N(CC)C2=O)ccc1OCc1ccccc1C#N. The van der Waals surface area contributed by atoms with Crippen LogP contribution >= 0.6 is 11.8 Å². The Labute approximate surface area is 215 Å². The van der Waals surface area contributed by atoms with Crippen LogP contribution in [0.4, 0.5) is 5.69 Å². The Hall–Kier alpha value is -4.02. The number of hydrogen-bond acceptors (Lipinski definition) is 6. The number of rotatable bonds is 8. The van der Waals surface area contributed by atoms with Gasteiger partial charge in [-0.2, -0.15) is 5.26 Å². The van der Waals surface area contributed by atoms with Crippen molar-refractivity contribution in [2.75, 3.05) is 13.2 Å². The largest absolute Gasteiger partial charge is 0.490 e. The van der Waals surface area contributed by atoms with Gasteiger partial charge in [0.25, 0.3) is 5.91 Å². The molecule has 0 N–H and O–H groups in total. The van der Waals surface area contributed by atoms with E-state index in [2.05, 4.69) is 6.07 Å². The van der Waals surface area contributed by atoms with Gasteiger partial charge in [0.2, 0.25) is 0 Å². The first-order chi connectivity index (χ1) is 17.5. The highest BCUT2D eigenvalue weighted by Crippen LogP contribution is 2.36. The van der Waals surface area contributed by atoms with E-state index in [1.54, 1.807) is 11.0 Å². The highest BCUT2D eigenvalue weighted by Gasteiger charge is 2.32. The third-order valence-electron chi connectivity index (χ3n) is 5.55. The van der Waals surface area contributed by atoms with Crippen molar-refractivity contribution in [1.29, 1.82) is 5.26 Å². The van der Waals surface area contributed by atoms with Gasteiger partial charge in [-0.3, -0.25) is 9.69 Å². The summed E-state index contributed by atoms with van der Waals surface area (Å²) in [6, 6.07) is 23.0. The van der Waals surface area contributed by atoms with Gasteiger partial charge in [-0.05, 0) is 74.5 Å². The smallest absolute Gasteiger partial charge is 0.266 e. The molecule has 6 nitrogen and oxygen atoms in total. The van der Waals surface area contributed by atoms with Crippen LogP contribution in [0.3, 0.4) is 0 Å². The first kappa shape index (κ1) is 25.1. The first-order valence-electron chi connectivity index (χ1n) is 11.8. The molecule has 3 aromatic rings. The lowest BCUT2D eigenvalue weighted by molar-refractivity contribution is -0.122. The molecule has 4 rings (SSSR count). The highest BCUT2D eigenvalue weighted by atomic mass is 32.2. The van der Waals surface area contributed by atoms with Crippen molar-refractivity contribution in [3.05, 3.63) is 93.9 Å². The summed E-state index contributed by atoms with van der Waals surface area (Å²) in [6.07, 6.45) is 1.85. The summed E-state index contributed by atoms with van der Waals surface area (Å²) in [7, 11) is 0. The Morgan fingerprint density at radius 3 is 2.53 bits per heavy atom. The predicted molar refractivity (Wildman–Crippen MR) is 144 cm³/mol. The molecule has 7 heteroatoms. The summed E-state index contributed by atoms with van der Waals surface area (Å²) < 4.78 is 11.8. The predicted octanol–water partition coefficient (Wildman–Crippen LogP) is 6.47. The molecule has 1 heterocycles. The fraction of sp³-hybridized carbons (Fsp3) is 0.207. The van der Waals surface area contributed by atoms with Gasteiger partial charge in [0, 0.05) is 12.1 Å². The lowest BCUT2D eigenvalue weighted by Gasteiger charge is -2.13. The van der Waals surface area contributed by atoms with E-state index < -0.39 is 0 Å². The van der Waals surface area contributed by atoms with Crippen molar-refractivity contribution in [3.8, 4) is 17.6 Å². The molecular weight excluding hydrogens is 470 g/mol. The van der Waals surface area contributed by atoms with Gasteiger partial charge in [0.1, 0.15) is 6.61 Å². The first-order valence-corrected chi connectivity index (χ1v) is 12.6. The molecule has 0 aliphatic carbocycles. The topological polar surface area (TPSA) is 74.9 Å². The zero-order valence-corrected chi connectivity index (χ0v) is 21.3. The van der Waals surface area contributed by atoms with Crippen LogP contribution in [0.2, 0.25) is 0 Å². The lowest BCUT2D eigenvalue weighted by atomic mass is 10.1. The normalized spacial score (nSPS) is 15.4. The van der Waals surface area contributed by atoms with E-state index >= 15 is 0 Å². The zero-order chi connectivity index (χ0) is 25.5. The molecule has 0 spiro atoms. The van der Waals surface area contributed by atoms with E-state index in [1.807, 2.05) is 87.5 Å². The number of hydrogen-bond donors (Lipinski definition) is 0. The molecule has 3 aromatic carbocycles. The summed E-state index contributed by atoms with van der Waals surface area (Å²) in [4.78, 5) is 20.0. The molecule has 36 heavy (non-hydrogen) atoms. The van der Waals surface area contributed by atoms with Gasteiger partial charge in [0.05, 0.1) is 28.8 Å². The Bertz CT molecular complexity index is 1360. The van der Waals surface area contributed by atoms with Gasteiger partial charge in [-0.25, -0.2) is 4.99 Å². The molecule has 1 amide bonds. The second-order valence-electron chi connectivity index (χ2n) is 8.09. The minimum absolute atomic E-state index is 0.0697. The number of nitrogens with zero attached hydrogens (tertiary/aromatic N) is 3. The van der Waals surface area contributed by atoms with E-state index in [1.165, 1.54) is 11.8 Å². The van der Waals surface area contributed by atoms with Gasteiger partial charge in [-0.15, -0.1) is 0 Å². The number of aryl methyl sites for hydroxylation is 1. The molecule has 1 aliphatic heterocycles. The number of amidine groups is 1. The number of carbonyl (C=O) groups is 1. The van der Waals surface area contributed by atoms with Crippen molar-refractivity contribution in [2.24, 2.45) is 4.99 Å². The third-order valence-corrected chi connectivity index (χ3v) is 6.56. The number of nitriles is 1. The number of aliphatic imine (C=N–C) groups is 1. The fourth-order valence-corrected chi connectivity index (χ4v) is 4.73. The number of ether oxygens (including phenoxy) is 2. The van der Waals surface area contributed by atoms with Gasteiger partial charge >= 0.3 is 0 Å². The average molecular weight is 498 g/mol. The molecular formula is C29H27N3O3S. The summed E-state index contributed by atoms with van der Waals surface area (Å²) in [5.41, 5.74) is 4.19. The Morgan fingerprint density at radius 2 is 1.81 bits per heavy atom. The Balaban J connectivity index is 1.57. The van der Waals surface area contributed by atoms with Crippen molar-refractivity contribution in [2.45, 2.75) is 27.4 Å². The molecule has 0 radical (unpaired) electrons. The van der Waals surface area contributed by atoms with Gasteiger partial charge < -0.3 is 9.47 Å². The van der Waals surface area contributed by atoms with Crippen LogP contribution in [0.25, 0.3) is 6.08 Å². The Kier molecular flexibility index (Phi) is 8.09. The van der Waals surface area contributed by atoms with Gasteiger partial charge in [-0.1, -0.05) is 42.0 Å². The van der Waals surface area contributed by atoms with E-state index in [9.17, 15) is 10.1 Å². The maximum Gasteiger partial charge on any atom is 0.266 e. The van der Waals surface area contributed by atoms with Crippen LogP contribution in [0.1, 0.15) is 36.1 Å². The standard InChI is InChI=1S/C29H27N3O3S/c1-4-32-28(33)27(36-29(32)31-24-13-10-20(3)11-14-24)17-21-12-15-25(26(16-21)34-5-2)35-19-23-9-7-6-8-22(23)18-30/h6-17H,4-5,19H2,1-3H3/b27-17+,31-29?. The molecule has 1 fully saturated rings. The highest BCUT2D eigenvalue weighted by molar-refractivity contribution is 8.18. The second-order valence-corrected chi connectivity index (χ2v) is 9.10. The van der Waals surface area contributed by atoms with E-state index in [0.29, 0.717) is 40.3 Å². The summed E-state index contributed by atoms with van der Waals surface area (Å²) in [6.45, 7) is 7.13. The number of carbonyl (C=O) groups excluding carboxylic acids is 1. The monoisotopic (exact) mass is 497 g/mol. The number of amides is 1. The summed E-state index contributed by atoms with van der Waals surface area (Å²) in [5.74, 6) is 1.09. The average Bonchev–Trinajstić information content (AvgIpc) is 3.18. The van der Waals surface area contributed by atoms with E-state index in [0.717, 1.165) is 22.4 Å². The molecule has 0 unspecified atom stereocenters. The summed E-state index contributed by atoms with van der Waals surface area (Å²) in [5, 5.41) is 9.98. The zero-order valence-electron chi connectivity index (χ0n) is 20.5. The van der Waals surface area contributed by atoms with Crippen molar-refractivity contribution in [3.63, 3.8) is 0 Å². The molecule has 0 saturated carbocycles. The lowest BCUT2D eigenvalue weighted by Crippen LogP contribution is -2.28. The quantitative estimate of drug-likeness (QED) is 0.334. The van der Waals surface area contributed by atoms with Crippen LogP contribution in [0, 0.1) is 18.3 Å². The van der Waals surface area contributed by atoms with Gasteiger partial charge in [0.15, 0.2) is 16.7 Å². The van der Waals surface area contributed by atoms with Crippen LogP contribution in [-0.2, 0) is 11.4 Å². The summed E-state index contributed by atoms with van der Waals surface area (Å²) >= 11 is 1.37. The molecule has 1 saturated heterocycles. The minimum atomic E-state index is -0.0697. The number of thioether (sulfide) groups is 1. The van der Waals surface area contributed by atoms with Crippen LogP contribution < -0.4 is 9.47 Å². The number of likely N-dealkylation sites (N-methyl/N-ethyl adjacent to an activating group) is 1. The maximum atomic E-state index is 13.1.